The predicted octanol–water partition coefficient (Wildman–Crippen LogP) is 2.43. The number of hydrogen-bond acceptors (Lipinski definition) is 3. The van der Waals surface area contributed by atoms with Gasteiger partial charge in [0.15, 0.2) is 0 Å². The molecule has 5 nitrogen and oxygen atoms in total. The molecular formula is C14H16N2O3. The second-order valence-electron chi connectivity index (χ2n) is 4.19. The Balaban J connectivity index is 2.98. The normalized spacial score (nSPS) is 11.4. The van der Waals surface area contributed by atoms with Crippen LogP contribution in [0.15, 0.2) is 18.2 Å². The molecule has 1 amide bonds. The van der Waals surface area contributed by atoms with Crippen LogP contribution >= 0.6 is 0 Å². The van der Waals surface area contributed by atoms with Crippen LogP contribution in [0.2, 0.25) is 0 Å². The number of nitro benzene ring substituents is 1. The Bertz CT molecular complexity index is 532. The lowest BCUT2D eigenvalue weighted by Crippen LogP contribution is -2.34. The fourth-order valence-electron chi connectivity index (χ4n) is 1.77. The van der Waals surface area contributed by atoms with Gasteiger partial charge in [0.1, 0.15) is 0 Å². The second kappa shape index (κ2) is 6.55. The molecule has 0 radical (unpaired) electrons. The van der Waals surface area contributed by atoms with E-state index in [1.54, 1.807) is 13.0 Å². The molecule has 0 fully saturated rings. The largest absolute Gasteiger partial charge is 0.348 e. The van der Waals surface area contributed by atoms with Crippen LogP contribution in [0.25, 0.3) is 0 Å². The molecule has 1 aromatic carbocycles. The highest BCUT2D eigenvalue weighted by molar-refractivity contribution is 5.96. The zero-order chi connectivity index (χ0) is 14.4. The first-order chi connectivity index (χ1) is 9.01. The number of carbonyl (C=O) groups excluding carboxylic acids is 1. The fourth-order valence-corrected chi connectivity index (χ4v) is 1.77. The van der Waals surface area contributed by atoms with Gasteiger partial charge in [-0.05, 0) is 19.4 Å². The van der Waals surface area contributed by atoms with Crippen molar-refractivity contribution >= 4 is 11.6 Å². The van der Waals surface area contributed by atoms with Gasteiger partial charge in [0.2, 0.25) is 0 Å². The highest BCUT2D eigenvalue weighted by Crippen LogP contribution is 2.21. The van der Waals surface area contributed by atoms with Crippen molar-refractivity contribution in [1.29, 1.82) is 0 Å². The number of nitrogens with one attached hydrogen (secondary N) is 1. The topological polar surface area (TPSA) is 72.2 Å². The molecule has 0 aliphatic heterocycles. The van der Waals surface area contributed by atoms with Crippen molar-refractivity contribution in [2.75, 3.05) is 0 Å². The van der Waals surface area contributed by atoms with Crippen molar-refractivity contribution in [1.82, 2.24) is 5.32 Å². The SMILES string of the molecule is C#CCC(CC)NC(=O)c1cccc([N+](=O)[O-])c1C. The molecule has 0 bridgehead atoms. The van der Waals surface area contributed by atoms with E-state index >= 15 is 0 Å². The van der Waals surface area contributed by atoms with Gasteiger partial charge in [0, 0.05) is 29.7 Å². The summed E-state index contributed by atoms with van der Waals surface area (Å²) in [6.07, 6.45) is 6.38. The summed E-state index contributed by atoms with van der Waals surface area (Å²) in [5.41, 5.74) is 0.614. The Labute approximate surface area is 112 Å². The number of terminal acetylenes is 1. The fraction of sp³-hybridized carbons (Fsp3) is 0.357. The molecule has 19 heavy (non-hydrogen) atoms. The summed E-state index contributed by atoms with van der Waals surface area (Å²) in [5, 5.41) is 13.6. The molecule has 0 aliphatic carbocycles. The number of carbonyl (C=O) groups is 1. The third-order valence-electron chi connectivity index (χ3n) is 2.94. The van der Waals surface area contributed by atoms with E-state index in [2.05, 4.69) is 11.2 Å². The Hall–Kier alpha value is -2.35. The lowest BCUT2D eigenvalue weighted by atomic mass is 10.0. The molecular weight excluding hydrogens is 244 g/mol. The van der Waals surface area contributed by atoms with E-state index in [-0.39, 0.29) is 17.6 Å². The lowest BCUT2D eigenvalue weighted by Gasteiger charge is -2.15. The van der Waals surface area contributed by atoms with E-state index in [0.29, 0.717) is 24.0 Å². The van der Waals surface area contributed by atoms with E-state index in [0.717, 1.165) is 0 Å². The highest BCUT2D eigenvalue weighted by Gasteiger charge is 2.19. The van der Waals surface area contributed by atoms with Crippen molar-refractivity contribution < 1.29 is 9.72 Å². The quantitative estimate of drug-likeness (QED) is 0.502. The number of rotatable bonds is 5. The first kappa shape index (κ1) is 14.7. The second-order valence-corrected chi connectivity index (χ2v) is 4.19. The van der Waals surface area contributed by atoms with Gasteiger partial charge in [0.05, 0.1) is 4.92 Å². The molecule has 1 unspecified atom stereocenters. The third kappa shape index (κ3) is 3.55. The van der Waals surface area contributed by atoms with E-state index in [1.807, 2.05) is 6.92 Å². The van der Waals surface area contributed by atoms with Gasteiger partial charge >= 0.3 is 0 Å². The van der Waals surface area contributed by atoms with Crippen LogP contribution in [0.1, 0.15) is 35.7 Å². The summed E-state index contributed by atoms with van der Waals surface area (Å²) in [5.74, 6) is 2.17. The zero-order valence-electron chi connectivity index (χ0n) is 11.0. The zero-order valence-corrected chi connectivity index (χ0v) is 11.0. The number of benzene rings is 1. The van der Waals surface area contributed by atoms with Crippen LogP contribution in [0.4, 0.5) is 5.69 Å². The van der Waals surface area contributed by atoms with Gasteiger partial charge in [-0.15, -0.1) is 12.3 Å². The number of nitrogens with zero attached hydrogens (tertiary/aromatic N) is 1. The molecule has 0 spiro atoms. The molecule has 100 valence electrons. The number of amides is 1. The Morgan fingerprint density at radius 3 is 2.79 bits per heavy atom. The average molecular weight is 260 g/mol. The molecule has 5 heteroatoms. The van der Waals surface area contributed by atoms with E-state index < -0.39 is 4.92 Å². The molecule has 0 saturated carbocycles. The third-order valence-corrected chi connectivity index (χ3v) is 2.94. The van der Waals surface area contributed by atoms with Gasteiger partial charge in [-0.25, -0.2) is 0 Å². The van der Waals surface area contributed by atoms with Crippen LogP contribution in [-0.2, 0) is 0 Å². The Kier molecular flexibility index (Phi) is 5.07. The summed E-state index contributed by atoms with van der Waals surface area (Å²) in [6.45, 7) is 3.48. The minimum absolute atomic E-state index is 0.0577. The summed E-state index contributed by atoms with van der Waals surface area (Å²) in [6, 6.07) is 4.34. The summed E-state index contributed by atoms with van der Waals surface area (Å²) in [7, 11) is 0. The molecule has 1 N–H and O–H groups in total. The van der Waals surface area contributed by atoms with Crippen molar-refractivity contribution in [3.63, 3.8) is 0 Å². The molecule has 1 atom stereocenters. The van der Waals surface area contributed by atoms with Gasteiger partial charge in [0.25, 0.3) is 11.6 Å². The molecule has 0 saturated heterocycles. The first-order valence-corrected chi connectivity index (χ1v) is 5.99. The van der Waals surface area contributed by atoms with Crippen LogP contribution in [0.5, 0.6) is 0 Å². The van der Waals surface area contributed by atoms with Crippen LogP contribution in [0.3, 0.4) is 0 Å². The monoisotopic (exact) mass is 260 g/mol. The molecule has 1 aromatic rings. The first-order valence-electron chi connectivity index (χ1n) is 5.99. The minimum atomic E-state index is -0.495. The molecule has 0 aromatic heterocycles. The minimum Gasteiger partial charge on any atom is -0.348 e. The molecule has 1 rings (SSSR count). The van der Waals surface area contributed by atoms with Crippen molar-refractivity contribution in [2.45, 2.75) is 32.7 Å². The van der Waals surface area contributed by atoms with Crippen molar-refractivity contribution in [3.8, 4) is 12.3 Å². The Morgan fingerprint density at radius 1 is 1.58 bits per heavy atom. The number of nitro groups is 1. The van der Waals surface area contributed by atoms with E-state index in [1.165, 1.54) is 12.1 Å². The van der Waals surface area contributed by atoms with Crippen LogP contribution in [-0.4, -0.2) is 16.9 Å². The maximum absolute atomic E-state index is 12.1. The van der Waals surface area contributed by atoms with Gasteiger partial charge in [-0.1, -0.05) is 13.0 Å². The summed E-state index contributed by atoms with van der Waals surface area (Å²) >= 11 is 0. The summed E-state index contributed by atoms with van der Waals surface area (Å²) < 4.78 is 0. The number of hydrogen-bond donors (Lipinski definition) is 1. The van der Waals surface area contributed by atoms with Gasteiger partial charge < -0.3 is 5.32 Å². The van der Waals surface area contributed by atoms with E-state index in [4.69, 9.17) is 6.42 Å². The molecule has 0 aliphatic rings. The van der Waals surface area contributed by atoms with Crippen molar-refractivity contribution in [2.24, 2.45) is 0 Å². The predicted molar refractivity (Wildman–Crippen MR) is 72.8 cm³/mol. The standard InChI is InChI=1S/C14H16N2O3/c1-4-7-11(5-2)15-14(17)12-8-6-9-13(10(12)3)16(18)19/h1,6,8-9,11H,5,7H2,2-3H3,(H,15,17). The lowest BCUT2D eigenvalue weighted by molar-refractivity contribution is -0.385. The van der Waals surface area contributed by atoms with Crippen LogP contribution in [0, 0.1) is 29.4 Å². The maximum Gasteiger partial charge on any atom is 0.273 e. The Morgan fingerprint density at radius 2 is 2.26 bits per heavy atom. The van der Waals surface area contributed by atoms with Gasteiger partial charge in [-0.3, -0.25) is 14.9 Å². The summed E-state index contributed by atoms with van der Waals surface area (Å²) in [4.78, 5) is 22.4. The van der Waals surface area contributed by atoms with Gasteiger partial charge in [-0.2, -0.15) is 0 Å². The molecule has 0 heterocycles. The highest BCUT2D eigenvalue weighted by atomic mass is 16.6. The average Bonchev–Trinajstić information content (AvgIpc) is 2.37. The van der Waals surface area contributed by atoms with Crippen molar-refractivity contribution in [3.05, 3.63) is 39.4 Å². The van der Waals surface area contributed by atoms with Crippen LogP contribution < -0.4 is 5.32 Å². The maximum atomic E-state index is 12.1. The van der Waals surface area contributed by atoms with E-state index in [9.17, 15) is 14.9 Å². The smallest absolute Gasteiger partial charge is 0.273 e.